The van der Waals surface area contributed by atoms with Gasteiger partial charge in [-0.2, -0.15) is 18.3 Å². The van der Waals surface area contributed by atoms with Crippen molar-refractivity contribution in [1.82, 2.24) is 14.6 Å². The number of nitrogens with zero attached hydrogens (tertiary/aromatic N) is 3. The molecule has 6 heteroatoms. The van der Waals surface area contributed by atoms with Crippen LogP contribution in [0.4, 0.5) is 13.2 Å². The minimum Gasteiger partial charge on any atom is -0.233 e. The second-order valence-electron chi connectivity index (χ2n) is 4.24. The Morgan fingerprint density at radius 1 is 1.35 bits per heavy atom. The molecule has 0 aromatic carbocycles. The molecule has 0 aliphatic carbocycles. The maximum absolute atomic E-state index is 12.3. The SMILES string of the molecule is CC(C)c1ccn2ncc(CC(F)(F)F)c2n1. The molecule has 0 radical (unpaired) electrons. The van der Waals surface area contributed by atoms with Gasteiger partial charge in [0.15, 0.2) is 5.65 Å². The summed E-state index contributed by atoms with van der Waals surface area (Å²) in [6, 6.07) is 1.77. The highest BCUT2D eigenvalue weighted by atomic mass is 19.4. The Hall–Kier alpha value is -1.59. The quantitative estimate of drug-likeness (QED) is 0.811. The highest BCUT2D eigenvalue weighted by molar-refractivity contribution is 5.47. The lowest BCUT2D eigenvalue weighted by atomic mass is 10.1. The van der Waals surface area contributed by atoms with Crippen LogP contribution in [0.2, 0.25) is 0 Å². The first-order chi connectivity index (χ1) is 7.87. The molecule has 0 amide bonds. The van der Waals surface area contributed by atoms with Gasteiger partial charge in [-0.15, -0.1) is 0 Å². The van der Waals surface area contributed by atoms with Crippen molar-refractivity contribution in [2.75, 3.05) is 0 Å². The second-order valence-corrected chi connectivity index (χ2v) is 4.24. The highest BCUT2D eigenvalue weighted by Crippen LogP contribution is 2.23. The van der Waals surface area contributed by atoms with Gasteiger partial charge in [0.25, 0.3) is 0 Å². The van der Waals surface area contributed by atoms with Crippen LogP contribution in [0.25, 0.3) is 5.65 Å². The van der Waals surface area contributed by atoms with Crippen molar-refractivity contribution in [3.8, 4) is 0 Å². The predicted molar refractivity (Wildman–Crippen MR) is 56.8 cm³/mol. The van der Waals surface area contributed by atoms with Gasteiger partial charge < -0.3 is 0 Å². The molecule has 0 atom stereocenters. The molecule has 2 heterocycles. The summed E-state index contributed by atoms with van der Waals surface area (Å²) in [5, 5.41) is 3.86. The van der Waals surface area contributed by atoms with Crippen LogP contribution in [0.5, 0.6) is 0 Å². The third-order valence-corrected chi connectivity index (χ3v) is 2.45. The van der Waals surface area contributed by atoms with Gasteiger partial charge >= 0.3 is 6.18 Å². The van der Waals surface area contributed by atoms with Crippen molar-refractivity contribution in [2.24, 2.45) is 0 Å². The van der Waals surface area contributed by atoms with E-state index in [9.17, 15) is 13.2 Å². The summed E-state index contributed by atoms with van der Waals surface area (Å²) in [6.45, 7) is 3.89. The molecule has 0 aliphatic rings. The van der Waals surface area contributed by atoms with E-state index in [-0.39, 0.29) is 17.1 Å². The number of aromatic nitrogens is 3. The van der Waals surface area contributed by atoms with Gasteiger partial charge in [0, 0.05) is 17.5 Å². The van der Waals surface area contributed by atoms with E-state index in [1.165, 1.54) is 10.7 Å². The van der Waals surface area contributed by atoms with Crippen molar-refractivity contribution in [3.63, 3.8) is 0 Å². The summed E-state index contributed by atoms with van der Waals surface area (Å²) < 4.78 is 38.4. The Morgan fingerprint density at radius 2 is 2.06 bits per heavy atom. The summed E-state index contributed by atoms with van der Waals surface area (Å²) in [5.74, 6) is 0.175. The van der Waals surface area contributed by atoms with Gasteiger partial charge in [0.1, 0.15) is 0 Å². The molecule has 92 valence electrons. The Kier molecular flexibility index (Phi) is 2.81. The standard InChI is InChI=1S/C11H12F3N3/c1-7(2)9-3-4-17-10(16-9)8(6-15-17)5-11(12,13)14/h3-4,6-7H,5H2,1-2H3. The fraction of sp³-hybridized carbons (Fsp3) is 0.455. The maximum Gasteiger partial charge on any atom is 0.393 e. The maximum atomic E-state index is 12.3. The van der Waals surface area contributed by atoms with Crippen molar-refractivity contribution in [1.29, 1.82) is 0 Å². The fourth-order valence-electron chi connectivity index (χ4n) is 1.59. The molecule has 2 aromatic heterocycles. The summed E-state index contributed by atoms with van der Waals surface area (Å²) in [7, 11) is 0. The molecule has 0 fully saturated rings. The molecule has 0 aliphatic heterocycles. The van der Waals surface area contributed by atoms with Crippen LogP contribution in [0, 0.1) is 0 Å². The molecule has 0 saturated carbocycles. The highest BCUT2D eigenvalue weighted by Gasteiger charge is 2.29. The van der Waals surface area contributed by atoms with Crippen LogP contribution in [-0.4, -0.2) is 20.8 Å². The summed E-state index contributed by atoms with van der Waals surface area (Å²) in [5.41, 5.74) is 1.16. The summed E-state index contributed by atoms with van der Waals surface area (Å²) in [6.07, 6.45) is -2.37. The fourth-order valence-corrected chi connectivity index (χ4v) is 1.59. The Morgan fingerprint density at radius 3 is 2.65 bits per heavy atom. The van der Waals surface area contributed by atoms with E-state index in [1.54, 1.807) is 12.3 Å². The lowest BCUT2D eigenvalue weighted by molar-refractivity contribution is -0.127. The van der Waals surface area contributed by atoms with Crippen LogP contribution < -0.4 is 0 Å². The Bertz CT molecular complexity index is 528. The monoisotopic (exact) mass is 243 g/mol. The average molecular weight is 243 g/mol. The molecule has 17 heavy (non-hydrogen) atoms. The van der Waals surface area contributed by atoms with E-state index < -0.39 is 12.6 Å². The first-order valence-electron chi connectivity index (χ1n) is 5.27. The molecule has 0 N–H and O–H groups in total. The van der Waals surface area contributed by atoms with Crippen LogP contribution in [0.1, 0.15) is 31.0 Å². The molecule has 0 bridgehead atoms. The van der Waals surface area contributed by atoms with E-state index in [2.05, 4.69) is 10.1 Å². The van der Waals surface area contributed by atoms with Gasteiger partial charge in [0.05, 0.1) is 12.6 Å². The lowest BCUT2D eigenvalue weighted by Gasteiger charge is -2.06. The summed E-state index contributed by atoms with van der Waals surface area (Å²) >= 11 is 0. The average Bonchev–Trinajstić information content (AvgIpc) is 2.58. The van der Waals surface area contributed by atoms with Gasteiger partial charge in [-0.3, -0.25) is 0 Å². The molecular weight excluding hydrogens is 231 g/mol. The number of fused-ring (bicyclic) bond motifs is 1. The van der Waals surface area contributed by atoms with Gasteiger partial charge in [0.2, 0.25) is 0 Å². The van der Waals surface area contributed by atoms with Gasteiger partial charge in [-0.25, -0.2) is 9.50 Å². The number of alkyl halides is 3. The zero-order chi connectivity index (χ0) is 12.6. The first kappa shape index (κ1) is 11.9. The second kappa shape index (κ2) is 4.01. The minimum atomic E-state index is -4.24. The van der Waals surface area contributed by atoms with E-state index >= 15 is 0 Å². The normalized spacial score (nSPS) is 12.6. The van der Waals surface area contributed by atoms with E-state index in [0.717, 1.165) is 5.69 Å². The van der Waals surface area contributed by atoms with Crippen molar-refractivity contribution >= 4 is 5.65 Å². The van der Waals surface area contributed by atoms with Crippen LogP contribution in [0.3, 0.4) is 0 Å². The molecule has 2 rings (SSSR count). The van der Waals surface area contributed by atoms with Crippen molar-refractivity contribution in [2.45, 2.75) is 32.4 Å². The van der Waals surface area contributed by atoms with E-state index in [0.29, 0.717) is 0 Å². The molecule has 0 spiro atoms. The number of hydrogen-bond acceptors (Lipinski definition) is 2. The number of hydrogen-bond donors (Lipinski definition) is 0. The van der Waals surface area contributed by atoms with Crippen LogP contribution in [-0.2, 0) is 6.42 Å². The zero-order valence-electron chi connectivity index (χ0n) is 9.49. The van der Waals surface area contributed by atoms with Crippen LogP contribution in [0.15, 0.2) is 18.5 Å². The lowest BCUT2D eigenvalue weighted by Crippen LogP contribution is -2.11. The van der Waals surface area contributed by atoms with Crippen LogP contribution >= 0.6 is 0 Å². The van der Waals surface area contributed by atoms with Gasteiger partial charge in [-0.1, -0.05) is 13.8 Å². The van der Waals surface area contributed by atoms with Crippen molar-refractivity contribution < 1.29 is 13.2 Å². The Balaban J connectivity index is 2.47. The third-order valence-electron chi connectivity index (χ3n) is 2.45. The molecule has 2 aromatic rings. The third kappa shape index (κ3) is 2.57. The number of halogens is 3. The minimum absolute atomic E-state index is 0.111. The topological polar surface area (TPSA) is 30.2 Å². The molecule has 0 unspecified atom stereocenters. The largest absolute Gasteiger partial charge is 0.393 e. The number of rotatable bonds is 2. The molecule has 0 saturated heterocycles. The smallest absolute Gasteiger partial charge is 0.233 e. The Labute approximate surface area is 96.3 Å². The summed E-state index contributed by atoms with van der Waals surface area (Å²) in [4.78, 5) is 4.22. The van der Waals surface area contributed by atoms with E-state index in [1.807, 2.05) is 13.8 Å². The first-order valence-corrected chi connectivity index (χ1v) is 5.27. The molecule has 3 nitrogen and oxygen atoms in total. The zero-order valence-corrected chi connectivity index (χ0v) is 9.49. The molecular formula is C11H12F3N3. The van der Waals surface area contributed by atoms with E-state index in [4.69, 9.17) is 0 Å². The van der Waals surface area contributed by atoms with Crippen molar-refractivity contribution in [3.05, 3.63) is 29.7 Å². The predicted octanol–water partition coefficient (Wildman–Crippen LogP) is 2.96. The van der Waals surface area contributed by atoms with Gasteiger partial charge in [-0.05, 0) is 12.0 Å².